The van der Waals surface area contributed by atoms with Crippen LogP contribution in [-0.4, -0.2) is 68.0 Å². The van der Waals surface area contributed by atoms with E-state index in [0.717, 1.165) is 11.1 Å². The van der Waals surface area contributed by atoms with Crippen molar-refractivity contribution in [2.24, 2.45) is 0 Å². The summed E-state index contributed by atoms with van der Waals surface area (Å²) < 4.78 is 62.0. The van der Waals surface area contributed by atoms with Gasteiger partial charge < -0.3 is 18.8 Å². The van der Waals surface area contributed by atoms with E-state index in [-0.39, 0.29) is 38.2 Å². The van der Waals surface area contributed by atoms with Crippen molar-refractivity contribution in [3.8, 4) is 11.5 Å². The van der Waals surface area contributed by atoms with Crippen LogP contribution >= 0.6 is 42.5 Å². The molecule has 14 nitrogen and oxygen atoms in total. The quantitative estimate of drug-likeness (QED) is 0.0770. The van der Waals surface area contributed by atoms with E-state index in [2.05, 4.69) is 56.5 Å². The summed E-state index contributed by atoms with van der Waals surface area (Å²) in [7, 11) is -0.278. The van der Waals surface area contributed by atoms with Gasteiger partial charge in [0.2, 0.25) is 5.75 Å². The summed E-state index contributed by atoms with van der Waals surface area (Å²) in [5, 5.41) is 11.0. The molecule has 0 fully saturated rings. The predicted molar refractivity (Wildman–Crippen MR) is 202 cm³/mol. The Balaban J connectivity index is 0.000000197. The second-order valence-electron chi connectivity index (χ2n) is 10.6. The number of carbonyl (C=O) groups is 2. The Kier molecular flexibility index (Phi) is 13.5. The summed E-state index contributed by atoms with van der Waals surface area (Å²) in [5.41, 5.74) is 1.95. The maximum atomic E-state index is 12.7. The summed E-state index contributed by atoms with van der Waals surface area (Å²) in [6.07, 6.45) is 2.98. The highest BCUT2D eigenvalue weighted by atomic mass is 79.9. The summed E-state index contributed by atoms with van der Waals surface area (Å²) in [6, 6.07) is 19.3. The van der Waals surface area contributed by atoms with Gasteiger partial charge >= 0.3 is 22.1 Å². The zero-order valence-electron chi connectivity index (χ0n) is 27.9. The van der Waals surface area contributed by atoms with Crippen molar-refractivity contribution in [3.63, 3.8) is 0 Å². The van der Waals surface area contributed by atoms with E-state index in [0.29, 0.717) is 25.5 Å². The molecule has 0 aliphatic heterocycles. The number of ether oxygens (including phenoxy) is 2. The molecule has 19 heteroatoms. The van der Waals surface area contributed by atoms with Gasteiger partial charge in [0.1, 0.15) is 25.1 Å². The first-order valence-corrected chi connectivity index (χ1v) is 20.0. The maximum Gasteiger partial charge on any atom is 0.360 e. The lowest BCUT2D eigenvalue weighted by Gasteiger charge is -2.13. The Labute approximate surface area is 325 Å². The number of aromatic nitrogens is 4. The number of hydrogen-bond donors (Lipinski definition) is 1. The number of halogens is 3. The summed E-state index contributed by atoms with van der Waals surface area (Å²) >= 11 is 6.46. The van der Waals surface area contributed by atoms with Crippen LogP contribution in [0.2, 0.25) is 0 Å². The SMILES string of the molecule is COC(=O)c1nc(Br)c2cccnc2c1O.COC(=O)c1nc(Br)c2cccnc2c1OS(=O)(=O)c1ccc(C)cc1.Cc1ccc(S(=O)(=O)Cl)cc1. The van der Waals surface area contributed by atoms with Crippen molar-refractivity contribution in [2.75, 3.05) is 14.2 Å². The lowest BCUT2D eigenvalue weighted by Crippen LogP contribution is -2.15. The topological polar surface area (TPSA) is 202 Å². The van der Waals surface area contributed by atoms with Crippen LogP contribution in [0.4, 0.5) is 0 Å². The monoisotopic (exact) mass is 908 g/mol. The third kappa shape index (κ3) is 10.0. The van der Waals surface area contributed by atoms with E-state index in [1.165, 1.54) is 50.9 Å². The molecule has 0 spiro atoms. The molecule has 2 aromatic carbocycles. The fourth-order valence-electron chi connectivity index (χ4n) is 4.27. The number of hydrogen-bond acceptors (Lipinski definition) is 14. The van der Waals surface area contributed by atoms with E-state index in [1.807, 2.05) is 13.8 Å². The number of benzene rings is 2. The van der Waals surface area contributed by atoms with Gasteiger partial charge in [0.05, 0.1) is 19.1 Å². The number of methoxy groups -OCH3 is 2. The highest BCUT2D eigenvalue weighted by Crippen LogP contribution is 2.34. The zero-order chi connectivity index (χ0) is 39.1. The van der Waals surface area contributed by atoms with Crippen LogP contribution in [0.15, 0.2) is 104 Å². The third-order valence-corrected chi connectivity index (χ3v) is 10.7. The van der Waals surface area contributed by atoms with Gasteiger partial charge in [-0.25, -0.2) is 28.0 Å². The summed E-state index contributed by atoms with van der Waals surface area (Å²) in [4.78, 5) is 39.7. The second-order valence-corrected chi connectivity index (χ2v) is 16.2. The second kappa shape index (κ2) is 17.4. The minimum atomic E-state index is -4.20. The number of esters is 2. The molecule has 276 valence electrons. The highest BCUT2D eigenvalue weighted by molar-refractivity contribution is 9.10. The minimum Gasteiger partial charge on any atom is -0.504 e. The van der Waals surface area contributed by atoms with Gasteiger partial charge in [0.15, 0.2) is 17.1 Å². The molecule has 0 radical (unpaired) electrons. The van der Waals surface area contributed by atoms with E-state index >= 15 is 0 Å². The molecular weight excluding hydrogens is 884 g/mol. The van der Waals surface area contributed by atoms with Crippen LogP contribution in [0.3, 0.4) is 0 Å². The van der Waals surface area contributed by atoms with Crippen molar-refractivity contribution in [3.05, 3.63) is 117 Å². The molecule has 4 aromatic heterocycles. The van der Waals surface area contributed by atoms with Crippen LogP contribution in [0.5, 0.6) is 11.5 Å². The molecule has 4 heterocycles. The van der Waals surface area contributed by atoms with E-state index in [1.54, 1.807) is 48.5 Å². The molecular formula is C34H27Br2ClN4O10S2. The molecule has 0 amide bonds. The molecule has 1 N–H and O–H groups in total. The number of carbonyl (C=O) groups excluding carboxylic acids is 2. The Morgan fingerprint density at radius 3 is 1.60 bits per heavy atom. The van der Waals surface area contributed by atoms with Gasteiger partial charge in [0.25, 0.3) is 9.05 Å². The lowest BCUT2D eigenvalue weighted by atomic mass is 10.2. The van der Waals surface area contributed by atoms with Crippen molar-refractivity contribution in [1.29, 1.82) is 0 Å². The number of fused-ring (bicyclic) bond motifs is 2. The molecule has 0 aliphatic rings. The molecule has 6 aromatic rings. The zero-order valence-corrected chi connectivity index (χ0v) is 33.5. The van der Waals surface area contributed by atoms with Gasteiger partial charge in [0, 0.05) is 33.8 Å². The molecule has 0 atom stereocenters. The van der Waals surface area contributed by atoms with Crippen LogP contribution in [0.25, 0.3) is 21.8 Å². The third-order valence-electron chi connectivity index (χ3n) is 6.92. The fourth-order valence-corrected chi connectivity index (χ4v) is 6.98. The average molecular weight is 911 g/mol. The van der Waals surface area contributed by atoms with Gasteiger partial charge in [-0.2, -0.15) is 8.42 Å². The van der Waals surface area contributed by atoms with Crippen LogP contribution in [0.1, 0.15) is 32.1 Å². The molecule has 0 unspecified atom stereocenters. The van der Waals surface area contributed by atoms with Crippen molar-refractivity contribution in [1.82, 2.24) is 19.9 Å². The van der Waals surface area contributed by atoms with Crippen LogP contribution < -0.4 is 4.18 Å². The first-order valence-electron chi connectivity index (χ1n) is 14.7. The molecule has 0 bridgehead atoms. The summed E-state index contributed by atoms with van der Waals surface area (Å²) in [6.45, 7) is 3.72. The molecule has 0 saturated heterocycles. The highest BCUT2D eigenvalue weighted by Gasteiger charge is 2.27. The number of aryl methyl sites for hydroxylation is 2. The number of pyridine rings is 4. The Morgan fingerprint density at radius 1 is 0.679 bits per heavy atom. The average Bonchev–Trinajstić information content (AvgIpc) is 3.14. The smallest absolute Gasteiger partial charge is 0.360 e. The number of nitrogens with zero attached hydrogens (tertiary/aromatic N) is 4. The Morgan fingerprint density at radius 2 is 1.11 bits per heavy atom. The van der Waals surface area contributed by atoms with E-state index in [9.17, 15) is 31.5 Å². The molecule has 0 aliphatic carbocycles. The van der Waals surface area contributed by atoms with Crippen LogP contribution in [0, 0.1) is 13.8 Å². The van der Waals surface area contributed by atoms with Gasteiger partial charge in [-0.3, -0.25) is 9.97 Å². The normalized spacial score (nSPS) is 11.1. The Hall–Kier alpha value is -4.75. The first kappa shape index (κ1) is 41.0. The predicted octanol–water partition coefficient (Wildman–Crippen LogP) is 7.06. The standard InChI is InChI=1S/C17H13BrN2O5S.C10H7BrN2O3.C7H7ClO2S/c1-10-5-7-11(8-6-10)26(22,23)25-15-13-12(4-3-9-19-13)16(18)20-14(15)17(21)24-2;1-16-10(15)7-8(14)6-5(9(11)13-7)3-2-4-12-6;1-6-2-4-7(5-3-6)11(8,9)10/h3-9H,1-2H3;2-4,14H,1H3;2-5H,1H3. The van der Waals surface area contributed by atoms with E-state index < -0.39 is 31.1 Å². The molecule has 0 saturated carbocycles. The lowest BCUT2D eigenvalue weighted by molar-refractivity contribution is 0.0582. The number of aromatic hydroxyl groups is 1. The van der Waals surface area contributed by atoms with Crippen molar-refractivity contribution >= 4 is 95.5 Å². The van der Waals surface area contributed by atoms with Gasteiger partial charge in [-0.1, -0.05) is 35.4 Å². The van der Waals surface area contributed by atoms with Crippen LogP contribution in [-0.2, 0) is 28.6 Å². The Bertz CT molecular complexity index is 2540. The minimum absolute atomic E-state index is 0.0501. The van der Waals surface area contributed by atoms with Crippen molar-refractivity contribution < 1.29 is 45.2 Å². The molecule has 53 heavy (non-hydrogen) atoms. The van der Waals surface area contributed by atoms with E-state index in [4.69, 9.17) is 19.6 Å². The first-order chi connectivity index (χ1) is 25.0. The number of rotatable bonds is 6. The van der Waals surface area contributed by atoms with Gasteiger partial charge in [-0.05, 0) is 94.2 Å². The summed E-state index contributed by atoms with van der Waals surface area (Å²) in [5.74, 6) is -2.10. The molecule has 6 rings (SSSR count). The maximum absolute atomic E-state index is 12.7. The fraction of sp³-hybridized carbons (Fsp3) is 0.118. The van der Waals surface area contributed by atoms with Gasteiger partial charge in [-0.15, -0.1) is 0 Å². The van der Waals surface area contributed by atoms with Crippen molar-refractivity contribution in [2.45, 2.75) is 23.6 Å². The largest absolute Gasteiger partial charge is 0.504 e.